The van der Waals surface area contributed by atoms with E-state index in [1.807, 2.05) is 11.3 Å². The molecule has 0 saturated heterocycles. The van der Waals surface area contributed by atoms with Gasteiger partial charge in [0.2, 0.25) is 0 Å². The maximum absolute atomic E-state index is 3.65. The third-order valence-corrected chi connectivity index (χ3v) is 4.97. The summed E-state index contributed by atoms with van der Waals surface area (Å²) in [6, 6.07) is 9.21. The number of rotatable bonds is 5. The number of hydrogen-bond acceptors (Lipinski definition) is 2. The Hall–Kier alpha value is -0.640. The summed E-state index contributed by atoms with van der Waals surface area (Å²) in [5.74, 6) is 0. The Bertz CT molecular complexity index is 547. The predicted octanol–water partition coefficient (Wildman–Crippen LogP) is 5.22. The molecule has 0 radical (unpaired) electrons. The first kappa shape index (κ1) is 14.8. The average molecular weight is 338 g/mol. The summed E-state index contributed by atoms with van der Waals surface area (Å²) in [6.45, 7) is 7.55. The summed E-state index contributed by atoms with van der Waals surface area (Å²) in [5.41, 5.74) is 4.00. The van der Waals surface area contributed by atoms with Crippen molar-refractivity contribution in [1.29, 1.82) is 0 Å². The smallest absolute Gasteiger partial charge is 0.0585 e. The standard InChI is InChI=1S/C16H20BrNS/c1-4-7-18-16(14-9-12(3)19-10-14)13-5-6-15(17)11(2)8-13/h5-6,8-10,16,18H,4,7H2,1-3H3. The van der Waals surface area contributed by atoms with Crippen LogP contribution in [-0.2, 0) is 0 Å². The molecule has 1 aromatic carbocycles. The second-order valence-electron chi connectivity index (χ2n) is 4.89. The molecular weight excluding hydrogens is 318 g/mol. The van der Waals surface area contributed by atoms with Gasteiger partial charge in [-0.3, -0.25) is 0 Å². The van der Waals surface area contributed by atoms with E-state index < -0.39 is 0 Å². The second kappa shape index (κ2) is 6.69. The Balaban J connectivity index is 2.33. The van der Waals surface area contributed by atoms with Crippen LogP contribution in [0.5, 0.6) is 0 Å². The lowest BCUT2D eigenvalue weighted by Crippen LogP contribution is -2.22. The van der Waals surface area contributed by atoms with E-state index in [1.54, 1.807) is 0 Å². The normalized spacial score (nSPS) is 12.6. The molecule has 1 heterocycles. The van der Waals surface area contributed by atoms with Gasteiger partial charge in [0, 0.05) is 9.35 Å². The molecule has 1 N–H and O–H groups in total. The minimum absolute atomic E-state index is 0.302. The third kappa shape index (κ3) is 3.68. The monoisotopic (exact) mass is 337 g/mol. The molecule has 3 heteroatoms. The predicted molar refractivity (Wildman–Crippen MR) is 88.1 cm³/mol. The van der Waals surface area contributed by atoms with E-state index in [9.17, 15) is 0 Å². The second-order valence-corrected chi connectivity index (χ2v) is 6.86. The van der Waals surface area contributed by atoms with Gasteiger partial charge in [0.25, 0.3) is 0 Å². The van der Waals surface area contributed by atoms with Crippen molar-refractivity contribution in [1.82, 2.24) is 5.32 Å². The Morgan fingerprint density at radius 3 is 2.58 bits per heavy atom. The molecule has 1 unspecified atom stereocenters. The van der Waals surface area contributed by atoms with Crippen molar-refractivity contribution >= 4 is 27.3 Å². The molecule has 1 atom stereocenters. The Morgan fingerprint density at radius 2 is 2.00 bits per heavy atom. The number of nitrogens with one attached hydrogen (secondary N) is 1. The van der Waals surface area contributed by atoms with E-state index in [1.165, 1.54) is 26.0 Å². The van der Waals surface area contributed by atoms with Crippen LogP contribution in [0.1, 0.15) is 41.0 Å². The lowest BCUT2D eigenvalue weighted by molar-refractivity contribution is 0.599. The van der Waals surface area contributed by atoms with Gasteiger partial charge in [-0.15, -0.1) is 11.3 Å². The molecule has 2 rings (SSSR count). The fraction of sp³-hybridized carbons (Fsp3) is 0.375. The van der Waals surface area contributed by atoms with E-state index in [4.69, 9.17) is 0 Å². The van der Waals surface area contributed by atoms with Crippen LogP contribution in [-0.4, -0.2) is 6.54 Å². The Labute approximate surface area is 128 Å². The molecule has 0 aliphatic heterocycles. The van der Waals surface area contributed by atoms with E-state index in [-0.39, 0.29) is 0 Å². The third-order valence-electron chi connectivity index (χ3n) is 3.20. The largest absolute Gasteiger partial charge is 0.306 e. The molecule has 0 bridgehead atoms. The van der Waals surface area contributed by atoms with Crippen LogP contribution in [0, 0.1) is 13.8 Å². The summed E-state index contributed by atoms with van der Waals surface area (Å²) < 4.78 is 1.17. The van der Waals surface area contributed by atoms with E-state index >= 15 is 0 Å². The van der Waals surface area contributed by atoms with Gasteiger partial charge < -0.3 is 5.32 Å². The lowest BCUT2D eigenvalue weighted by atomic mass is 9.99. The van der Waals surface area contributed by atoms with Crippen LogP contribution in [0.25, 0.3) is 0 Å². The molecule has 1 nitrogen and oxygen atoms in total. The van der Waals surface area contributed by atoms with Crippen LogP contribution in [0.2, 0.25) is 0 Å². The van der Waals surface area contributed by atoms with Crippen LogP contribution >= 0.6 is 27.3 Å². The summed E-state index contributed by atoms with van der Waals surface area (Å²) in [6.07, 6.45) is 1.15. The lowest BCUT2D eigenvalue weighted by Gasteiger charge is -2.19. The van der Waals surface area contributed by atoms with Crippen LogP contribution in [0.15, 0.2) is 34.1 Å². The van der Waals surface area contributed by atoms with Gasteiger partial charge in [0.1, 0.15) is 0 Å². The van der Waals surface area contributed by atoms with Crippen molar-refractivity contribution in [2.24, 2.45) is 0 Å². The van der Waals surface area contributed by atoms with E-state index in [0.717, 1.165) is 13.0 Å². The summed E-state index contributed by atoms with van der Waals surface area (Å²) >= 11 is 5.39. The zero-order chi connectivity index (χ0) is 13.8. The van der Waals surface area contributed by atoms with Crippen molar-refractivity contribution in [3.8, 4) is 0 Å². The Morgan fingerprint density at radius 1 is 1.21 bits per heavy atom. The van der Waals surface area contributed by atoms with Crippen molar-refractivity contribution < 1.29 is 0 Å². The maximum atomic E-state index is 3.65. The fourth-order valence-electron chi connectivity index (χ4n) is 2.18. The molecule has 0 saturated carbocycles. The number of benzene rings is 1. The Kier molecular flexibility index (Phi) is 5.20. The minimum atomic E-state index is 0.302. The molecule has 0 aliphatic carbocycles. The molecule has 1 aromatic heterocycles. The molecular formula is C16H20BrNS. The highest BCUT2D eigenvalue weighted by Crippen LogP contribution is 2.28. The zero-order valence-electron chi connectivity index (χ0n) is 11.7. The first-order chi connectivity index (χ1) is 9.11. The summed E-state index contributed by atoms with van der Waals surface area (Å²) in [4.78, 5) is 1.37. The highest BCUT2D eigenvalue weighted by Gasteiger charge is 2.15. The van der Waals surface area contributed by atoms with Gasteiger partial charge in [-0.2, -0.15) is 0 Å². The van der Waals surface area contributed by atoms with Gasteiger partial charge in [0.15, 0.2) is 0 Å². The van der Waals surface area contributed by atoms with Gasteiger partial charge in [-0.25, -0.2) is 0 Å². The summed E-state index contributed by atoms with van der Waals surface area (Å²) in [5, 5.41) is 5.92. The van der Waals surface area contributed by atoms with Gasteiger partial charge in [-0.1, -0.05) is 35.0 Å². The highest BCUT2D eigenvalue weighted by atomic mass is 79.9. The molecule has 0 fully saturated rings. The summed E-state index contributed by atoms with van der Waals surface area (Å²) in [7, 11) is 0. The van der Waals surface area contributed by atoms with Crippen molar-refractivity contribution in [3.63, 3.8) is 0 Å². The average Bonchev–Trinajstić information content (AvgIpc) is 2.80. The van der Waals surface area contributed by atoms with Gasteiger partial charge in [0.05, 0.1) is 6.04 Å². The van der Waals surface area contributed by atoms with Crippen molar-refractivity contribution in [3.05, 3.63) is 55.7 Å². The molecule has 102 valence electrons. The van der Waals surface area contributed by atoms with Crippen molar-refractivity contribution in [2.45, 2.75) is 33.2 Å². The zero-order valence-corrected chi connectivity index (χ0v) is 14.1. The molecule has 0 aliphatic rings. The minimum Gasteiger partial charge on any atom is -0.306 e. The topological polar surface area (TPSA) is 12.0 Å². The van der Waals surface area contributed by atoms with Crippen LogP contribution < -0.4 is 5.32 Å². The number of halogens is 1. The van der Waals surface area contributed by atoms with Crippen molar-refractivity contribution in [2.75, 3.05) is 6.54 Å². The van der Waals surface area contributed by atoms with Gasteiger partial charge >= 0.3 is 0 Å². The van der Waals surface area contributed by atoms with E-state index in [2.05, 4.69) is 71.7 Å². The van der Waals surface area contributed by atoms with Crippen LogP contribution in [0.3, 0.4) is 0 Å². The fourth-order valence-corrected chi connectivity index (χ4v) is 3.16. The number of hydrogen-bond donors (Lipinski definition) is 1. The first-order valence-corrected chi connectivity index (χ1v) is 8.33. The molecule has 0 spiro atoms. The van der Waals surface area contributed by atoms with E-state index in [0.29, 0.717) is 6.04 Å². The highest BCUT2D eigenvalue weighted by molar-refractivity contribution is 9.10. The molecule has 2 aromatic rings. The quantitative estimate of drug-likeness (QED) is 0.788. The molecule has 19 heavy (non-hydrogen) atoms. The maximum Gasteiger partial charge on any atom is 0.0585 e. The van der Waals surface area contributed by atoms with Gasteiger partial charge in [-0.05, 0) is 61.0 Å². The number of thiophene rings is 1. The first-order valence-electron chi connectivity index (χ1n) is 6.66. The number of aryl methyl sites for hydroxylation is 2. The SMILES string of the molecule is CCCNC(c1csc(C)c1)c1ccc(Br)c(C)c1. The molecule has 0 amide bonds. The van der Waals surface area contributed by atoms with Crippen LogP contribution in [0.4, 0.5) is 0 Å².